The third-order valence-corrected chi connectivity index (χ3v) is 3.56. The van der Waals surface area contributed by atoms with Crippen LogP contribution in [0.5, 0.6) is 0 Å². The van der Waals surface area contributed by atoms with Crippen molar-refractivity contribution in [3.05, 3.63) is 35.9 Å². The topological polar surface area (TPSA) is 81.9 Å². The molecule has 0 aliphatic carbocycles. The van der Waals surface area contributed by atoms with E-state index in [0.29, 0.717) is 19.4 Å². The number of hydrogen-bond acceptors (Lipinski definition) is 5. The number of esters is 1. The molecule has 1 aliphatic heterocycles. The number of carbonyl (C=O) groups is 2. The Morgan fingerprint density at radius 3 is 2.71 bits per heavy atom. The minimum absolute atomic E-state index is 0.104. The van der Waals surface area contributed by atoms with Gasteiger partial charge in [-0.15, -0.1) is 0 Å². The van der Waals surface area contributed by atoms with Crippen LogP contribution in [0.25, 0.3) is 0 Å². The van der Waals surface area contributed by atoms with Crippen molar-refractivity contribution in [2.45, 2.75) is 31.5 Å². The number of carbonyl (C=O) groups excluding carboxylic acids is 2. The van der Waals surface area contributed by atoms with E-state index in [1.54, 1.807) is 0 Å². The van der Waals surface area contributed by atoms with Crippen LogP contribution in [0, 0.1) is 0 Å². The summed E-state index contributed by atoms with van der Waals surface area (Å²) >= 11 is 0. The number of methoxy groups -OCH3 is 1. The van der Waals surface area contributed by atoms with Crippen molar-refractivity contribution >= 4 is 12.1 Å². The lowest BCUT2D eigenvalue weighted by Crippen LogP contribution is -2.53. The summed E-state index contributed by atoms with van der Waals surface area (Å²) in [7, 11) is 1.30. The number of ether oxygens (including phenoxy) is 2. The minimum atomic E-state index is -0.665. The van der Waals surface area contributed by atoms with Crippen LogP contribution in [0.1, 0.15) is 18.4 Å². The molecule has 1 heterocycles. The molecule has 1 fully saturated rings. The second kappa shape index (κ2) is 7.08. The predicted octanol–water partition coefficient (Wildman–Crippen LogP) is 1.29. The van der Waals surface area contributed by atoms with Crippen LogP contribution in [0.4, 0.5) is 4.79 Å². The van der Waals surface area contributed by atoms with E-state index >= 15 is 0 Å². The van der Waals surface area contributed by atoms with E-state index in [9.17, 15) is 9.59 Å². The summed E-state index contributed by atoms with van der Waals surface area (Å²) in [5.74, 6) is -0.457. The molecule has 1 aromatic carbocycles. The average Bonchev–Trinajstić information content (AvgIpc) is 2.52. The molecule has 0 bridgehead atoms. The molecule has 0 spiro atoms. The zero-order valence-corrected chi connectivity index (χ0v) is 12.0. The van der Waals surface area contributed by atoms with Gasteiger partial charge >= 0.3 is 12.1 Å². The van der Waals surface area contributed by atoms with Crippen LogP contribution >= 0.6 is 0 Å². The summed E-state index contributed by atoms with van der Waals surface area (Å²) in [6.07, 6.45) is 0.530. The maximum atomic E-state index is 12.2. The van der Waals surface area contributed by atoms with Gasteiger partial charge in [0.05, 0.1) is 7.11 Å². The molecule has 0 saturated carbocycles. The lowest BCUT2D eigenvalue weighted by Gasteiger charge is -2.35. The molecule has 0 aromatic heterocycles. The van der Waals surface area contributed by atoms with Crippen molar-refractivity contribution in [3.8, 4) is 0 Å². The summed E-state index contributed by atoms with van der Waals surface area (Å²) in [5, 5.41) is 0. The van der Waals surface area contributed by atoms with Gasteiger partial charge in [0.1, 0.15) is 12.6 Å². The number of rotatable bonds is 3. The number of nitrogens with two attached hydrogens (primary N) is 1. The van der Waals surface area contributed by atoms with E-state index in [2.05, 4.69) is 0 Å². The van der Waals surface area contributed by atoms with Crippen molar-refractivity contribution in [1.82, 2.24) is 4.90 Å². The largest absolute Gasteiger partial charge is 0.467 e. The van der Waals surface area contributed by atoms with Crippen LogP contribution < -0.4 is 5.73 Å². The van der Waals surface area contributed by atoms with Crippen molar-refractivity contribution in [3.63, 3.8) is 0 Å². The first-order valence-electron chi connectivity index (χ1n) is 6.92. The third-order valence-electron chi connectivity index (χ3n) is 3.56. The molecule has 114 valence electrons. The first kappa shape index (κ1) is 15.3. The standard InChI is InChI=1S/C15H20N2O4/c1-20-14(18)13-9-12(16)7-8-17(13)15(19)21-10-11-5-3-2-4-6-11/h2-6,12-13H,7-10,16H2,1H3/t12-,13-/m1/s1. The Labute approximate surface area is 123 Å². The van der Waals surface area contributed by atoms with E-state index in [-0.39, 0.29) is 12.6 Å². The van der Waals surface area contributed by atoms with E-state index in [1.807, 2.05) is 30.3 Å². The average molecular weight is 292 g/mol. The van der Waals surface area contributed by atoms with Gasteiger partial charge in [0.15, 0.2) is 0 Å². The molecule has 1 saturated heterocycles. The fraction of sp³-hybridized carbons (Fsp3) is 0.467. The first-order valence-corrected chi connectivity index (χ1v) is 6.92. The molecular formula is C15H20N2O4. The molecule has 0 unspecified atom stereocenters. The fourth-order valence-electron chi connectivity index (χ4n) is 2.37. The predicted molar refractivity (Wildman–Crippen MR) is 76.3 cm³/mol. The van der Waals surface area contributed by atoms with Crippen molar-refractivity contribution in [2.75, 3.05) is 13.7 Å². The second-order valence-corrected chi connectivity index (χ2v) is 5.06. The molecular weight excluding hydrogens is 272 g/mol. The van der Waals surface area contributed by atoms with Gasteiger partial charge in [-0.05, 0) is 18.4 Å². The Hall–Kier alpha value is -2.08. The molecule has 0 radical (unpaired) electrons. The minimum Gasteiger partial charge on any atom is -0.467 e. The van der Waals surface area contributed by atoms with Crippen molar-refractivity contribution in [1.29, 1.82) is 0 Å². The quantitative estimate of drug-likeness (QED) is 0.849. The molecule has 1 aliphatic rings. The van der Waals surface area contributed by atoms with Gasteiger partial charge in [-0.2, -0.15) is 0 Å². The van der Waals surface area contributed by atoms with E-state index in [0.717, 1.165) is 5.56 Å². The highest BCUT2D eigenvalue weighted by Crippen LogP contribution is 2.19. The molecule has 1 amide bonds. The normalized spacial score (nSPS) is 21.7. The van der Waals surface area contributed by atoms with Crippen LogP contribution in [0.3, 0.4) is 0 Å². The summed E-state index contributed by atoms with van der Waals surface area (Å²) in [6.45, 7) is 0.574. The fourth-order valence-corrected chi connectivity index (χ4v) is 2.37. The van der Waals surface area contributed by atoms with Gasteiger partial charge in [-0.3, -0.25) is 4.90 Å². The number of benzene rings is 1. The molecule has 6 heteroatoms. The molecule has 6 nitrogen and oxygen atoms in total. The number of hydrogen-bond donors (Lipinski definition) is 1. The lowest BCUT2D eigenvalue weighted by molar-refractivity contribution is -0.147. The number of amides is 1. The Balaban J connectivity index is 1.97. The number of nitrogens with zero attached hydrogens (tertiary/aromatic N) is 1. The van der Waals surface area contributed by atoms with Crippen LogP contribution in [-0.4, -0.2) is 42.7 Å². The highest BCUT2D eigenvalue weighted by Gasteiger charge is 2.36. The SMILES string of the molecule is COC(=O)[C@H]1C[C@H](N)CCN1C(=O)OCc1ccccc1. The Morgan fingerprint density at radius 2 is 2.05 bits per heavy atom. The van der Waals surface area contributed by atoms with Gasteiger partial charge in [-0.25, -0.2) is 9.59 Å². The van der Waals surface area contributed by atoms with E-state index < -0.39 is 18.1 Å². The van der Waals surface area contributed by atoms with Gasteiger partial charge in [0, 0.05) is 12.6 Å². The van der Waals surface area contributed by atoms with E-state index in [1.165, 1.54) is 12.0 Å². The van der Waals surface area contributed by atoms with Crippen LogP contribution in [0.15, 0.2) is 30.3 Å². The smallest absolute Gasteiger partial charge is 0.410 e. The summed E-state index contributed by atoms with van der Waals surface area (Å²) < 4.78 is 10.0. The maximum absolute atomic E-state index is 12.2. The van der Waals surface area contributed by atoms with Crippen LogP contribution in [0.2, 0.25) is 0 Å². The maximum Gasteiger partial charge on any atom is 0.410 e. The highest BCUT2D eigenvalue weighted by atomic mass is 16.6. The lowest BCUT2D eigenvalue weighted by atomic mass is 9.98. The highest BCUT2D eigenvalue weighted by molar-refractivity contribution is 5.81. The number of likely N-dealkylation sites (tertiary alicyclic amines) is 1. The zero-order valence-electron chi connectivity index (χ0n) is 12.0. The van der Waals surface area contributed by atoms with Gasteiger partial charge in [0.25, 0.3) is 0 Å². The second-order valence-electron chi connectivity index (χ2n) is 5.06. The zero-order chi connectivity index (χ0) is 15.2. The van der Waals surface area contributed by atoms with Gasteiger partial charge < -0.3 is 15.2 Å². The van der Waals surface area contributed by atoms with E-state index in [4.69, 9.17) is 15.2 Å². The summed E-state index contributed by atoms with van der Waals surface area (Å²) in [6, 6.07) is 8.62. The van der Waals surface area contributed by atoms with Crippen molar-refractivity contribution in [2.24, 2.45) is 5.73 Å². The van der Waals surface area contributed by atoms with Gasteiger partial charge in [-0.1, -0.05) is 30.3 Å². The Bertz CT molecular complexity index is 492. The molecule has 2 rings (SSSR count). The van der Waals surface area contributed by atoms with Gasteiger partial charge in [0.2, 0.25) is 0 Å². The molecule has 21 heavy (non-hydrogen) atoms. The molecule has 2 atom stereocenters. The number of piperidine rings is 1. The molecule has 1 aromatic rings. The Morgan fingerprint density at radius 1 is 1.33 bits per heavy atom. The first-order chi connectivity index (χ1) is 10.1. The summed E-state index contributed by atoms with van der Waals surface area (Å²) in [5.41, 5.74) is 6.76. The van der Waals surface area contributed by atoms with Crippen LogP contribution in [-0.2, 0) is 20.9 Å². The van der Waals surface area contributed by atoms with Crippen molar-refractivity contribution < 1.29 is 19.1 Å². The Kier molecular flexibility index (Phi) is 5.16. The molecule has 2 N–H and O–H groups in total. The summed E-state index contributed by atoms with van der Waals surface area (Å²) in [4.78, 5) is 25.3. The third kappa shape index (κ3) is 3.95. The monoisotopic (exact) mass is 292 g/mol.